The predicted octanol–water partition coefficient (Wildman–Crippen LogP) is 3.74. The summed E-state index contributed by atoms with van der Waals surface area (Å²) in [5.41, 5.74) is 2.73. The number of halogens is 1. The number of likely N-dealkylation sites (N-methyl/N-ethyl adjacent to an activating group) is 1. The van der Waals surface area contributed by atoms with E-state index < -0.39 is 0 Å². The summed E-state index contributed by atoms with van der Waals surface area (Å²) in [5, 5.41) is 3.24. The number of rotatable bonds is 4. The van der Waals surface area contributed by atoms with E-state index in [9.17, 15) is 14.4 Å². The van der Waals surface area contributed by atoms with Crippen LogP contribution in [0.1, 0.15) is 41.4 Å². The molecule has 3 aromatic rings. The molecule has 0 bridgehead atoms. The van der Waals surface area contributed by atoms with E-state index in [4.69, 9.17) is 21.3 Å². The van der Waals surface area contributed by atoms with Gasteiger partial charge in [-0.15, -0.1) is 0 Å². The van der Waals surface area contributed by atoms with Gasteiger partial charge in [0.1, 0.15) is 5.02 Å². The van der Waals surface area contributed by atoms with Crippen LogP contribution in [0.4, 0.5) is 11.6 Å². The number of fused-ring (bicyclic) bond motifs is 2. The van der Waals surface area contributed by atoms with Crippen molar-refractivity contribution >= 4 is 52.0 Å². The fourth-order valence-electron chi connectivity index (χ4n) is 4.90. The minimum Gasteiger partial charge on any atom is -0.480 e. The molecule has 0 saturated carbocycles. The van der Waals surface area contributed by atoms with E-state index in [-0.39, 0.29) is 30.4 Å². The fourth-order valence-corrected chi connectivity index (χ4v) is 5.24. The molecule has 0 aliphatic carbocycles. The number of pyridine rings is 1. The van der Waals surface area contributed by atoms with Gasteiger partial charge in [-0.2, -0.15) is 0 Å². The van der Waals surface area contributed by atoms with E-state index in [2.05, 4.69) is 16.9 Å². The average molecular weight is 523 g/mol. The molecule has 0 radical (unpaired) electrons. The van der Waals surface area contributed by atoms with E-state index in [1.54, 1.807) is 36.3 Å². The van der Waals surface area contributed by atoms with Gasteiger partial charge in [-0.3, -0.25) is 24.7 Å². The van der Waals surface area contributed by atoms with Crippen molar-refractivity contribution in [3.63, 3.8) is 0 Å². The highest BCUT2D eigenvalue weighted by atomic mass is 35.5. The summed E-state index contributed by atoms with van der Waals surface area (Å²) in [6.45, 7) is 6.34. The molecule has 5 rings (SSSR count). The Hall–Kier alpha value is -3.92. The number of anilines is 2. The van der Waals surface area contributed by atoms with Gasteiger partial charge < -0.3 is 19.1 Å². The highest BCUT2D eigenvalue weighted by molar-refractivity contribution is 6.37. The van der Waals surface area contributed by atoms with E-state index in [0.717, 1.165) is 19.3 Å². The van der Waals surface area contributed by atoms with Crippen molar-refractivity contribution in [2.24, 2.45) is 0 Å². The van der Waals surface area contributed by atoms with Gasteiger partial charge in [0.15, 0.2) is 12.4 Å². The number of benzene rings is 1. The van der Waals surface area contributed by atoms with Gasteiger partial charge in [-0.1, -0.05) is 18.2 Å². The lowest BCUT2D eigenvalue weighted by Gasteiger charge is -2.28. The number of ether oxygens (including phenoxy) is 1. The first-order valence-electron chi connectivity index (χ1n) is 12.1. The number of aromatic nitrogens is 3. The Labute approximate surface area is 218 Å². The van der Waals surface area contributed by atoms with Crippen LogP contribution in [0.3, 0.4) is 0 Å². The first-order chi connectivity index (χ1) is 17.8. The van der Waals surface area contributed by atoms with Crippen LogP contribution < -0.4 is 15.0 Å². The first kappa shape index (κ1) is 24.8. The summed E-state index contributed by atoms with van der Waals surface area (Å²) in [7, 11) is 1.65. The van der Waals surface area contributed by atoms with Crippen molar-refractivity contribution in [2.45, 2.75) is 32.2 Å². The number of hydrogen-bond acceptors (Lipinski definition) is 6. The van der Waals surface area contributed by atoms with Gasteiger partial charge in [-0.05, 0) is 50.5 Å². The molecule has 11 heteroatoms. The number of nitrogens with zero attached hydrogens (tertiary/aromatic N) is 5. The second kappa shape index (κ2) is 9.85. The van der Waals surface area contributed by atoms with E-state index in [1.807, 2.05) is 11.5 Å². The van der Waals surface area contributed by atoms with E-state index in [0.29, 0.717) is 57.8 Å². The lowest BCUT2D eigenvalue weighted by atomic mass is 10.1. The maximum Gasteiger partial charge on any atom is 0.264 e. The molecule has 1 atom stereocenters. The van der Waals surface area contributed by atoms with Crippen LogP contribution in [-0.2, 0) is 9.59 Å². The van der Waals surface area contributed by atoms with Gasteiger partial charge >= 0.3 is 0 Å². The molecule has 1 saturated heterocycles. The van der Waals surface area contributed by atoms with Gasteiger partial charge in [0, 0.05) is 37.6 Å². The minimum atomic E-state index is -0.348. The minimum absolute atomic E-state index is 0.126. The molecule has 3 amide bonds. The zero-order valence-corrected chi connectivity index (χ0v) is 21.4. The second-order valence-corrected chi connectivity index (χ2v) is 9.61. The number of likely N-dealkylation sites (tertiary alicyclic amines) is 1. The quantitative estimate of drug-likeness (QED) is 0.523. The molecule has 2 aliphatic heterocycles. The first-order valence-corrected chi connectivity index (χ1v) is 12.5. The molecule has 0 spiro atoms. The molecular weight excluding hydrogens is 496 g/mol. The standard InChI is InChI=1S/C26H27ClN6O4/c1-4-20(34)32-10-6-5-7-17(13-32)33-23-18(12-19-24(22(23)27)37-14-21(35)31(19)3)29-26(33)30-25(36)16-8-9-28-15(2)11-16/h4,8-9,11-12,17H,1,5-7,10,13-14H2,2-3H3,(H,29,30,36). The van der Waals surface area contributed by atoms with E-state index >= 15 is 0 Å². The average Bonchev–Trinajstić information content (AvgIpc) is 3.06. The number of amides is 3. The molecule has 4 heterocycles. The van der Waals surface area contributed by atoms with Crippen LogP contribution in [-0.4, -0.2) is 63.9 Å². The molecule has 37 heavy (non-hydrogen) atoms. The second-order valence-electron chi connectivity index (χ2n) is 9.23. The summed E-state index contributed by atoms with van der Waals surface area (Å²) < 4.78 is 7.61. The van der Waals surface area contributed by atoms with Crippen LogP contribution in [0.15, 0.2) is 37.1 Å². The summed E-state index contributed by atoms with van der Waals surface area (Å²) >= 11 is 6.91. The number of imidazole rings is 1. The molecule has 1 N–H and O–H groups in total. The van der Waals surface area contributed by atoms with Crippen molar-refractivity contribution in [3.05, 3.63) is 53.3 Å². The molecule has 2 aromatic heterocycles. The molecule has 1 unspecified atom stereocenters. The zero-order valence-electron chi connectivity index (χ0n) is 20.7. The highest BCUT2D eigenvalue weighted by Crippen LogP contribution is 2.45. The molecule has 192 valence electrons. The van der Waals surface area contributed by atoms with E-state index in [1.165, 1.54) is 11.0 Å². The third kappa shape index (κ3) is 4.53. The third-order valence-electron chi connectivity index (χ3n) is 6.81. The number of carbonyl (C=O) groups is 3. The predicted molar refractivity (Wildman–Crippen MR) is 140 cm³/mol. The van der Waals surface area contributed by atoms with Crippen LogP contribution >= 0.6 is 11.6 Å². The Bertz CT molecular complexity index is 1430. The van der Waals surface area contributed by atoms with Crippen molar-refractivity contribution in [2.75, 3.05) is 37.0 Å². The number of carbonyl (C=O) groups excluding carboxylic acids is 3. The topological polar surface area (TPSA) is 110 Å². The van der Waals surface area contributed by atoms with Crippen molar-refractivity contribution in [1.29, 1.82) is 0 Å². The summed E-state index contributed by atoms with van der Waals surface area (Å²) in [6, 6.07) is 4.84. The summed E-state index contributed by atoms with van der Waals surface area (Å²) in [4.78, 5) is 50.1. The van der Waals surface area contributed by atoms with Gasteiger partial charge in [0.05, 0.1) is 22.8 Å². The van der Waals surface area contributed by atoms with Crippen LogP contribution in [0.25, 0.3) is 11.0 Å². The molecule has 10 nitrogen and oxygen atoms in total. The van der Waals surface area contributed by atoms with Crippen LogP contribution in [0.5, 0.6) is 5.75 Å². The molecule has 1 fully saturated rings. The maximum absolute atomic E-state index is 13.2. The van der Waals surface area contributed by atoms with Gasteiger partial charge in [-0.25, -0.2) is 4.98 Å². The molecule has 2 aliphatic rings. The summed E-state index contributed by atoms with van der Waals surface area (Å²) in [6.07, 6.45) is 5.36. The SMILES string of the molecule is C=CC(=O)N1CCCCC(n2c(NC(=O)c3ccnc(C)c3)nc3cc4c(c(Cl)c32)OCC(=O)N4C)C1. The number of nitrogens with one attached hydrogen (secondary N) is 1. The Morgan fingerprint density at radius 2 is 2.11 bits per heavy atom. The maximum atomic E-state index is 13.2. The highest BCUT2D eigenvalue weighted by Gasteiger charge is 2.32. The largest absolute Gasteiger partial charge is 0.480 e. The Morgan fingerprint density at radius 1 is 1.30 bits per heavy atom. The Kier molecular flexibility index (Phi) is 6.59. The lowest BCUT2D eigenvalue weighted by Crippen LogP contribution is -2.35. The summed E-state index contributed by atoms with van der Waals surface area (Å²) in [5.74, 6) is -0.0233. The monoisotopic (exact) mass is 522 g/mol. The van der Waals surface area contributed by atoms with Crippen molar-refractivity contribution in [3.8, 4) is 5.75 Å². The fraction of sp³-hybridized carbons (Fsp3) is 0.346. The third-order valence-corrected chi connectivity index (χ3v) is 7.16. The van der Waals surface area contributed by atoms with Crippen molar-refractivity contribution in [1.82, 2.24) is 19.4 Å². The van der Waals surface area contributed by atoms with Crippen molar-refractivity contribution < 1.29 is 19.1 Å². The van der Waals surface area contributed by atoms with Gasteiger partial charge in [0.25, 0.3) is 11.8 Å². The molecular formula is C26H27ClN6O4. The Morgan fingerprint density at radius 3 is 2.86 bits per heavy atom. The normalized spacial score (nSPS) is 17.7. The smallest absolute Gasteiger partial charge is 0.264 e. The van der Waals surface area contributed by atoms with Crippen LogP contribution in [0.2, 0.25) is 5.02 Å². The number of hydrogen-bond donors (Lipinski definition) is 1. The molecule has 1 aromatic carbocycles. The van der Waals surface area contributed by atoms with Gasteiger partial charge in [0.2, 0.25) is 11.9 Å². The zero-order chi connectivity index (χ0) is 26.3. The Balaban J connectivity index is 1.66. The van der Waals surface area contributed by atoms with Crippen LogP contribution in [0, 0.1) is 6.92 Å². The lowest BCUT2D eigenvalue weighted by molar-refractivity contribution is -0.126. The number of aryl methyl sites for hydroxylation is 1.